The average Bonchev–Trinajstić information content (AvgIpc) is 3.03. The molecule has 0 N–H and O–H groups in total. The summed E-state index contributed by atoms with van der Waals surface area (Å²) < 4.78 is 124. The van der Waals surface area contributed by atoms with Gasteiger partial charge in [-0.3, -0.25) is 4.90 Å². The molecule has 2 saturated heterocycles. The summed E-state index contributed by atoms with van der Waals surface area (Å²) in [7, 11) is -11.1. The van der Waals surface area contributed by atoms with Gasteiger partial charge in [-0.05, 0) is 43.8 Å². The van der Waals surface area contributed by atoms with Gasteiger partial charge in [0.15, 0.2) is 0 Å². The molecule has 0 aliphatic carbocycles. The van der Waals surface area contributed by atoms with Crippen LogP contribution in [0.4, 0.5) is 37.7 Å². The predicted molar refractivity (Wildman–Crippen MR) is 162 cm³/mol. The van der Waals surface area contributed by atoms with Crippen LogP contribution in [0.15, 0.2) is 46.2 Å². The molecule has 0 aromatic heterocycles. The van der Waals surface area contributed by atoms with Gasteiger partial charge in [-0.15, -0.1) is 0 Å². The molecule has 0 radical (unpaired) electrons. The monoisotopic (exact) mass is 708 g/mol. The number of anilines is 2. The zero-order valence-corrected chi connectivity index (χ0v) is 27.3. The lowest BCUT2D eigenvalue weighted by molar-refractivity contribution is -0.0442. The van der Waals surface area contributed by atoms with Crippen molar-refractivity contribution in [3.05, 3.63) is 47.5 Å². The molecular weight excluding hydrogens is 674 g/mol. The van der Waals surface area contributed by atoms with Crippen LogP contribution >= 0.6 is 0 Å². The van der Waals surface area contributed by atoms with Crippen molar-refractivity contribution in [2.45, 2.75) is 41.1 Å². The van der Waals surface area contributed by atoms with E-state index in [-0.39, 0.29) is 11.4 Å². The van der Waals surface area contributed by atoms with E-state index >= 15 is 0 Å². The van der Waals surface area contributed by atoms with Gasteiger partial charge in [0.25, 0.3) is 19.7 Å². The van der Waals surface area contributed by atoms with Gasteiger partial charge in [0.1, 0.15) is 12.1 Å². The van der Waals surface area contributed by atoms with Gasteiger partial charge >= 0.3 is 11.0 Å². The second-order valence-electron chi connectivity index (χ2n) is 10.7. The Hall–Kier alpha value is -3.58. The van der Waals surface area contributed by atoms with Gasteiger partial charge in [-0.25, -0.2) is 16.8 Å². The van der Waals surface area contributed by atoms with Crippen molar-refractivity contribution in [1.82, 2.24) is 9.80 Å². The van der Waals surface area contributed by atoms with Gasteiger partial charge in [-0.2, -0.15) is 36.9 Å². The fourth-order valence-electron chi connectivity index (χ4n) is 5.32. The van der Waals surface area contributed by atoms with Crippen LogP contribution in [0.2, 0.25) is 0 Å². The molecular formula is C29H34F6N6O4S2. The molecule has 2 fully saturated rings. The average molecular weight is 709 g/mol. The number of rotatable bonds is 7. The highest BCUT2D eigenvalue weighted by molar-refractivity contribution is 7.92. The van der Waals surface area contributed by atoms with Gasteiger partial charge in [-0.1, -0.05) is 26.0 Å². The molecule has 0 unspecified atom stereocenters. The summed E-state index contributed by atoms with van der Waals surface area (Å²) in [4.78, 5) is 5.94. The second kappa shape index (κ2) is 15.1. The summed E-state index contributed by atoms with van der Waals surface area (Å²) in [5.74, 6) is 0. The Labute approximate surface area is 270 Å². The van der Waals surface area contributed by atoms with E-state index in [2.05, 4.69) is 16.7 Å². The van der Waals surface area contributed by atoms with Crippen molar-refractivity contribution in [3.63, 3.8) is 0 Å². The maximum atomic E-state index is 12.8. The zero-order chi connectivity index (χ0) is 35.2. The Balaban J connectivity index is 0.000000256. The molecule has 47 heavy (non-hydrogen) atoms. The molecule has 10 nitrogen and oxygen atoms in total. The molecule has 2 aromatic carbocycles. The summed E-state index contributed by atoms with van der Waals surface area (Å²) in [6.07, 6.45) is 1.00. The van der Waals surface area contributed by atoms with E-state index in [1.807, 2.05) is 6.92 Å². The molecule has 0 saturated carbocycles. The highest BCUT2D eigenvalue weighted by Gasteiger charge is 2.49. The first kappa shape index (κ1) is 37.9. The number of nitrogens with zero attached hydrogens (tertiary/aromatic N) is 6. The molecule has 4 rings (SSSR count). The lowest BCUT2D eigenvalue weighted by Crippen LogP contribution is -2.46. The third kappa shape index (κ3) is 8.29. The summed E-state index contributed by atoms with van der Waals surface area (Å²) >= 11 is 0. The van der Waals surface area contributed by atoms with Crippen LogP contribution in [0.25, 0.3) is 0 Å². The fourth-order valence-corrected chi connectivity index (χ4v) is 7.17. The minimum Gasteiger partial charge on any atom is -0.368 e. The molecule has 0 amide bonds. The van der Waals surface area contributed by atoms with Crippen LogP contribution in [0.1, 0.15) is 31.4 Å². The summed E-state index contributed by atoms with van der Waals surface area (Å²) in [5.41, 5.74) is -11.3. The van der Waals surface area contributed by atoms with Crippen LogP contribution < -0.4 is 9.80 Å². The van der Waals surface area contributed by atoms with Crippen molar-refractivity contribution >= 4 is 31.0 Å². The van der Waals surface area contributed by atoms with Crippen molar-refractivity contribution in [1.29, 1.82) is 10.5 Å². The minimum absolute atomic E-state index is 0.230. The number of nitriles is 2. The van der Waals surface area contributed by atoms with Gasteiger partial charge in [0, 0.05) is 52.4 Å². The van der Waals surface area contributed by atoms with Gasteiger partial charge < -0.3 is 14.7 Å². The Morgan fingerprint density at radius 2 is 1.00 bits per heavy atom. The zero-order valence-electron chi connectivity index (χ0n) is 25.6. The summed E-state index contributed by atoms with van der Waals surface area (Å²) in [6, 6.07) is 10.4. The Morgan fingerprint density at radius 1 is 0.638 bits per heavy atom. The smallest absolute Gasteiger partial charge is 0.368 e. The molecule has 2 heterocycles. The van der Waals surface area contributed by atoms with E-state index in [1.165, 1.54) is 24.3 Å². The molecule has 0 spiro atoms. The number of halogens is 6. The quantitative estimate of drug-likeness (QED) is 0.383. The van der Waals surface area contributed by atoms with Crippen molar-refractivity contribution in [3.8, 4) is 12.1 Å². The SMILES string of the molecule is CCCN1CCN(c2cccc(S(=O)(=O)C(F)(F)F)c2C#N)CC1.CCN1CCN(c2cccc(S(=O)(=O)C(F)(F)F)c2C#N)CC1. The van der Waals surface area contributed by atoms with Gasteiger partial charge in [0.2, 0.25) is 0 Å². The van der Waals surface area contributed by atoms with Crippen LogP contribution in [-0.2, 0) is 19.7 Å². The van der Waals surface area contributed by atoms with E-state index < -0.39 is 51.6 Å². The lowest BCUT2D eigenvalue weighted by Gasteiger charge is -2.36. The van der Waals surface area contributed by atoms with Crippen LogP contribution in [0.3, 0.4) is 0 Å². The van der Waals surface area contributed by atoms with E-state index in [0.29, 0.717) is 39.3 Å². The lowest BCUT2D eigenvalue weighted by atomic mass is 10.1. The fraction of sp³-hybridized carbons (Fsp3) is 0.517. The summed E-state index contributed by atoms with van der Waals surface area (Å²) in [5, 5.41) is 18.5. The summed E-state index contributed by atoms with van der Waals surface area (Å²) in [6.45, 7) is 10.8. The molecule has 2 aromatic rings. The standard InChI is InChI=1S/C15H18F3N3O2S.C14H16F3N3O2S/c1-2-6-20-7-9-21(10-8-20)13-4-3-5-14(12(13)11-19)24(22,23)15(16,17)18;1-2-19-6-8-20(9-7-19)12-4-3-5-13(11(12)10-18)23(21,22)14(15,16)17/h3-5H,2,6-10H2,1H3;3-5H,2,6-9H2,1H3. The largest absolute Gasteiger partial charge is 0.501 e. The van der Waals surface area contributed by atoms with E-state index in [0.717, 1.165) is 44.7 Å². The van der Waals surface area contributed by atoms with Crippen LogP contribution in [0.5, 0.6) is 0 Å². The first-order valence-corrected chi connectivity index (χ1v) is 17.5. The Morgan fingerprint density at radius 3 is 1.30 bits per heavy atom. The first-order valence-electron chi connectivity index (χ1n) is 14.6. The Kier molecular flexibility index (Phi) is 12.2. The topological polar surface area (TPSA) is 129 Å². The Bertz CT molecular complexity index is 1700. The van der Waals surface area contributed by atoms with E-state index in [1.54, 1.807) is 21.9 Å². The van der Waals surface area contributed by atoms with E-state index in [4.69, 9.17) is 0 Å². The highest BCUT2D eigenvalue weighted by Crippen LogP contribution is 2.37. The number of likely N-dealkylation sites (N-methyl/N-ethyl adjacent to an activating group) is 1. The predicted octanol–water partition coefficient (Wildman–Crippen LogP) is 4.38. The first-order chi connectivity index (χ1) is 21.9. The third-order valence-corrected chi connectivity index (χ3v) is 10.9. The van der Waals surface area contributed by atoms with Crippen LogP contribution in [0, 0.1) is 22.7 Å². The second-order valence-corrected chi connectivity index (χ2v) is 14.5. The molecule has 258 valence electrons. The number of piperazine rings is 2. The molecule has 2 aliphatic heterocycles. The molecule has 0 atom stereocenters. The molecule has 18 heteroatoms. The normalized spacial score (nSPS) is 17.0. The van der Waals surface area contributed by atoms with Crippen molar-refractivity contribution in [2.75, 3.05) is 75.2 Å². The van der Waals surface area contributed by atoms with E-state index in [9.17, 15) is 53.7 Å². The number of sulfone groups is 2. The third-order valence-electron chi connectivity index (χ3n) is 7.83. The molecule has 2 aliphatic rings. The number of hydrogen-bond acceptors (Lipinski definition) is 10. The number of benzene rings is 2. The van der Waals surface area contributed by atoms with Crippen molar-refractivity contribution in [2.24, 2.45) is 0 Å². The number of hydrogen-bond donors (Lipinski definition) is 0. The van der Waals surface area contributed by atoms with Crippen LogP contribution in [-0.4, -0.2) is 103 Å². The van der Waals surface area contributed by atoms with Gasteiger partial charge in [0.05, 0.1) is 32.3 Å². The van der Waals surface area contributed by atoms with Crippen molar-refractivity contribution < 1.29 is 43.2 Å². The maximum absolute atomic E-state index is 12.8. The maximum Gasteiger partial charge on any atom is 0.501 e. The minimum atomic E-state index is -5.56. The molecule has 0 bridgehead atoms. The number of alkyl halides is 6. The highest BCUT2D eigenvalue weighted by atomic mass is 32.2.